The fraction of sp³-hybridized carbons (Fsp3) is 0.143. The maximum Gasteiger partial charge on any atom is 0.335 e. The molecule has 5 amide bonds. The summed E-state index contributed by atoms with van der Waals surface area (Å²) >= 11 is 0. The van der Waals surface area contributed by atoms with Crippen molar-refractivity contribution in [3.8, 4) is 17.2 Å². The Morgan fingerprint density at radius 2 is 1.71 bits per heavy atom. The van der Waals surface area contributed by atoms with Crippen molar-refractivity contribution in [3.63, 3.8) is 0 Å². The number of hydrogen-bond acceptors (Lipinski definition) is 9. The molecule has 13 heteroatoms. The number of non-ortho nitro benzene ring substituents is 1. The monoisotopic (exact) mass is 560 g/mol. The van der Waals surface area contributed by atoms with E-state index in [1.807, 2.05) is 0 Å². The highest BCUT2D eigenvalue weighted by molar-refractivity contribution is 6.39. The Morgan fingerprint density at radius 3 is 2.34 bits per heavy atom. The number of amides is 5. The Labute approximate surface area is 233 Å². The number of imide groups is 2. The van der Waals surface area contributed by atoms with E-state index in [1.165, 1.54) is 30.3 Å². The summed E-state index contributed by atoms with van der Waals surface area (Å²) in [5, 5.41) is 15.7. The minimum atomic E-state index is -0.988. The van der Waals surface area contributed by atoms with E-state index in [0.717, 1.165) is 12.1 Å². The van der Waals surface area contributed by atoms with E-state index < -0.39 is 28.7 Å². The molecule has 0 unspecified atom stereocenters. The Balaban J connectivity index is 1.51. The van der Waals surface area contributed by atoms with Crippen LogP contribution in [0.25, 0.3) is 6.08 Å². The first-order chi connectivity index (χ1) is 19.7. The number of nitrogens with one attached hydrogen (secondary N) is 2. The molecule has 13 nitrogen and oxygen atoms in total. The SMILES string of the molecule is CCOc1cc(/C=C2/C(=O)NC(=O)N(c3ccc([N+](=O)[O-])cc3)C2=O)ccc1OCC(=O)Nc1ccc(OC)cc1. The zero-order valence-electron chi connectivity index (χ0n) is 21.9. The lowest BCUT2D eigenvalue weighted by atomic mass is 10.1. The Morgan fingerprint density at radius 1 is 1.00 bits per heavy atom. The van der Waals surface area contributed by atoms with Gasteiger partial charge in [-0.25, -0.2) is 9.69 Å². The molecule has 210 valence electrons. The molecular formula is C28H24N4O9. The average Bonchev–Trinajstić information content (AvgIpc) is 2.95. The van der Waals surface area contributed by atoms with E-state index in [4.69, 9.17) is 14.2 Å². The molecule has 1 aliphatic rings. The smallest absolute Gasteiger partial charge is 0.335 e. The molecule has 1 aliphatic heterocycles. The van der Waals surface area contributed by atoms with E-state index in [9.17, 15) is 29.3 Å². The molecule has 3 aromatic rings. The van der Waals surface area contributed by atoms with Gasteiger partial charge in [-0.05, 0) is 67.1 Å². The van der Waals surface area contributed by atoms with Crippen molar-refractivity contribution in [2.24, 2.45) is 0 Å². The van der Waals surface area contributed by atoms with Gasteiger partial charge >= 0.3 is 6.03 Å². The van der Waals surface area contributed by atoms with E-state index in [-0.39, 0.29) is 41.7 Å². The van der Waals surface area contributed by atoms with Gasteiger partial charge in [0.2, 0.25) is 0 Å². The molecule has 1 fully saturated rings. The summed E-state index contributed by atoms with van der Waals surface area (Å²) in [6.45, 7) is 1.69. The largest absolute Gasteiger partial charge is 0.497 e. The van der Waals surface area contributed by atoms with Crippen LogP contribution in [0.5, 0.6) is 17.2 Å². The molecule has 0 radical (unpaired) electrons. The maximum atomic E-state index is 13.1. The second kappa shape index (κ2) is 12.4. The molecule has 0 aromatic heterocycles. The molecule has 41 heavy (non-hydrogen) atoms. The maximum absolute atomic E-state index is 13.1. The molecule has 0 atom stereocenters. The van der Waals surface area contributed by atoms with Crippen LogP contribution in [0, 0.1) is 10.1 Å². The number of rotatable bonds is 10. The molecule has 0 saturated carbocycles. The first-order valence-corrected chi connectivity index (χ1v) is 12.2. The van der Waals surface area contributed by atoms with Crippen LogP contribution in [0.3, 0.4) is 0 Å². The third kappa shape index (κ3) is 6.65. The number of nitro groups is 1. The predicted molar refractivity (Wildman–Crippen MR) is 147 cm³/mol. The summed E-state index contributed by atoms with van der Waals surface area (Å²) in [6, 6.07) is 15.1. The van der Waals surface area contributed by atoms with Gasteiger partial charge in [-0.15, -0.1) is 0 Å². The summed E-state index contributed by atoms with van der Waals surface area (Å²) in [4.78, 5) is 61.5. The number of methoxy groups -OCH3 is 1. The van der Waals surface area contributed by atoms with Crippen LogP contribution in [0.1, 0.15) is 12.5 Å². The molecule has 4 rings (SSSR count). The van der Waals surface area contributed by atoms with Crippen LogP contribution in [-0.2, 0) is 14.4 Å². The van der Waals surface area contributed by atoms with Gasteiger partial charge < -0.3 is 19.5 Å². The quantitative estimate of drug-likeness (QED) is 0.163. The van der Waals surface area contributed by atoms with E-state index in [0.29, 0.717) is 21.9 Å². The van der Waals surface area contributed by atoms with Crippen LogP contribution < -0.4 is 29.7 Å². The summed E-state index contributed by atoms with van der Waals surface area (Å²) < 4.78 is 16.4. The molecule has 1 saturated heterocycles. The molecular weight excluding hydrogens is 536 g/mol. The lowest BCUT2D eigenvalue weighted by molar-refractivity contribution is -0.384. The Bertz CT molecular complexity index is 1530. The van der Waals surface area contributed by atoms with E-state index in [1.54, 1.807) is 44.4 Å². The van der Waals surface area contributed by atoms with Crippen molar-refractivity contribution < 1.29 is 38.3 Å². The normalized spacial score (nSPS) is 14.0. The van der Waals surface area contributed by atoms with Crippen molar-refractivity contribution in [1.29, 1.82) is 0 Å². The minimum Gasteiger partial charge on any atom is -0.497 e. The summed E-state index contributed by atoms with van der Waals surface area (Å²) in [7, 11) is 1.54. The summed E-state index contributed by atoms with van der Waals surface area (Å²) in [5.41, 5.74) is 0.401. The highest BCUT2D eigenvalue weighted by atomic mass is 16.6. The topological polar surface area (TPSA) is 166 Å². The number of barbiturate groups is 1. The molecule has 1 heterocycles. The first kappa shape index (κ1) is 28.3. The van der Waals surface area contributed by atoms with Crippen LogP contribution in [-0.4, -0.2) is 49.0 Å². The van der Waals surface area contributed by atoms with Gasteiger partial charge in [0, 0.05) is 17.8 Å². The number of carbonyl (C=O) groups excluding carboxylic acids is 4. The van der Waals surface area contributed by atoms with Gasteiger partial charge in [0.25, 0.3) is 23.4 Å². The fourth-order valence-corrected chi connectivity index (χ4v) is 3.80. The van der Waals surface area contributed by atoms with Crippen LogP contribution in [0.15, 0.2) is 72.3 Å². The number of urea groups is 1. The van der Waals surface area contributed by atoms with Crippen molar-refractivity contribution in [1.82, 2.24) is 5.32 Å². The first-order valence-electron chi connectivity index (χ1n) is 12.2. The lowest BCUT2D eigenvalue weighted by Crippen LogP contribution is -2.54. The highest BCUT2D eigenvalue weighted by Gasteiger charge is 2.37. The zero-order valence-corrected chi connectivity index (χ0v) is 21.9. The van der Waals surface area contributed by atoms with Crippen molar-refractivity contribution >= 4 is 46.9 Å². The number of benzene rings is 3. The van der Waals surface area contributed by atoms with Gasteiger partial charge in [-0.1, -0.05) is 6.07 Å². The highest BCUT2D eigenvalue weighted by Crippen LogP contribution is 2.31. The number of anilines is 2. The lowest BCUT2D eigenvalue weighted by Gasteiger charge is -2.26. The average molecular weight is 561 g/mol. The second-order valence-electron chi connectivity index (χ2n) is 8.44. The summed E-state index contributed by atoms with van der Waals surface area (Å²) in [5.74, 6) is -1.09. The van der Waals surface area contributed by atoms with Crippen LogP contribution in [0.4, 0.5) is 21.9 Å². The van der Waals surface area contributed by atoms with Gasteiger partial charge in [0.05, 0.1) is 24.3 Å². The Kier molecular flexibility index (Phi) is 8.57. The van der Waals surface area contributed by atoms with E-state index in [2.05, 4.69) is 10.6 Å². The predicted octanol–water partition coefficient (Wildman–Crippen LogP) is 3.69. The molecule has 0 spiro atoms. The number of hydrogen-bond donors (Lipinski definition) is 2. The van der Waals surface area contributed by atoms with Gasteiger partial charge in [-0.2, -0.15) is 0 Å². The zero-order chi connectivity index (χ0) is 29.5. The van der Waals surface area contributed by atoms with Gasteiger partial charge in [-0.3, -0.25) is 29.8 Å². The van der Waals surface area contributed by atoms with Crippen LogP contribution in [0.2, 0.25) is 0 Å². The fourth-order valence-electron chi connectivity index (χ4n) is 3.80. The van der Waals surface area contributed by atoms with Gasteiger partial charge in [0.15, 0.2) is 18.1 Å². The number of nitrogens with zero attached hydrogens (tertiary/aromatic N) is 2. The molecule has 0 aliphatic carbocycles. The number of ether oxygens (including phenoxy) is 3. The molecule has 2 N–H and O–H groups in total. The number of nitro benzene ring substituents is 1. The van der Waals surface area contributed by atoms with Crippen LogP contribution >= 0.6 is 0 Å². The third-order valence-electron chi connectivity index (χ3n) is 5.73. The van der Waals surface area contributed by atoms with Gasteiger partial charge in [0.1, 0.15) is 11.3 Å². The molecule has 3 aromatic carbocycles. The summed E-state index contributed by atoms with van der Waals surface area (Å²) in [6.07, 6.45) is 1.27. The number of carbonyl (C=O) groups is 4. The third-order valence-corrected chi connectivity index (χ3v) is 5.73. The van der Waals surface area contributed by atoms with Crippen molar-refractivity contribution in [3.05, 3.63) is 88.0 Å². The van der Waals surface area contributed by atoms with E-state index >= 15 is 0 Å². The Hall–Kier alpha value is -5.72. The standard InChI is InChI=1S/C28H24N4O9/c1-3-40-24-15-17(4-13-23(24)41-16-25(33)29-18-5-11-21(39-2)12-6-18)14-22-26(34)30-28(36)31(27(22)35)19-7-9-20(10-8-19)32(37)38/h4-15H,3,16H2,1-2H3,(H,29,33)(H,30,34,36)/b22-14-. The van der Waals surface area contributed by atoms with Crippen molar-refractivity contribution in [2.45, 2.75) is 6.92 Å². The second-order valence-corrected chi connectivity index (χ2v) is 8.44. The van der Waals surface area contributed by atoms with Crippen molar-refractivity contribution in [2.75, 3.05) is 30.5 Å². The minimum absolute atomic E-state index is 0.0446. The molecule has 0 bridgehead atoms.